The van der Waals surface area contributed by atoms with Crippen molar-refractivity contribution >= 4 is 11.6 Å². The highest BCUT2D eigenvalue weighted by atomic mass is 19.1. The Bertz CT molecular complexity index is 1150. The third kappa shape index (κ3) is 2.99. The van der Waals surface area contributed by atoms with Crippen molar-refractivity contribution in [2.75, 3.05) is 7.11 Å². The minimum atomic E-state index is -1.03. The highest BCUT2D eigenvalue weighted by Crippen LogP contribution is 2.27. The summed E-state index contributed by atoms with van der Waals surface area (Å²) in [5, 5.41) is 9.20. The summed E-state index contributed by atoms with van der Waals surface area (Å²) in [5.41, 5.74) is 2.87. The maximum absolute atomic E-state index is 14.6. The molecule has 4 rings (SSSR count). The normalized spacial score (nSPS) is 10.9. The first kappa shape index (κ1) is 16.7. The molecule has 1 N–H and O–H groups in total. The lowest BCUT2D eigenvalue weighted by Crippen LogP contribution is -1.97. The number of rotatable bonds is 4. The molecule has 134 valence electrons. The number of benzene rings is 1. The molecule has 0 unspecified atom stereocenters. The molecule has 0 radical (unpaired) electrons. The second kappa shape index (κ2) is 6.53. The molecule has 0 atom stereocenters. The third-order valence-electron chi connectivity index (χ3n) is 4.24. The molecule has 4 aromatic rings. The first-order valence-corrected chi connectivity index (χ1v) is 8.07. The average molecular weight is 363 g/mol. The van der Waals surface area contributed by atoms with Gasteiger partial charge < -0.3 is 9.84 Å². The molecule has 0 spiro atoms. The fourth-order valence-electron chi connectivity index (χ4n) is 2.90. The summed E-state index contributed by atoms with van der Waals surface area (Å²) in [7, 11) is 1.52. The van der Waals surface area contributed by atoms with Gasteiger partial charge in [0.2, 0.25) is 5.88 Å². The zero-order chi connectivity index (χ0) is 19.0. The lowest BCUT2D eigenvalue weighted by Gasteiger charge is -2.08. The Balaban J connectivity index is 1.87. The number of aromatic nitrogens is 3. The van der Waals surface area contributed by atoms with Gasteiger partial charge in [0.25, 0.3) is 0 Å². The van der Waals surface area contributed by atoms with Crippen LogP contribution in [0.5, 0.6) is 5.88 Å². The lowest BCUT2D eigenvalue weighted by atomic mass is 10.1. The van der Waals surface area contributed by atoms with E-state index in [0.717, 1.165) is 5.56 Å². The number of carboxylic acids is 1. The van der Waals surface area contributed by atoms with Crippen molar-refractivity contribution in [3.8, 4) is 28.3 Å². The summed E-state index contributed by atoms with van der Waals surface area (Å²) in [5.74, 6) is -1.04. The van der Waals surface area contributed by atoms with Crippen molar-refractivity contribution in [3.05, 3.63) is 72.4 Å². The van der Waals surface area contributed by atoms with Gasteiger partial charge in [-0.1, -0.05) is 12.1 Å². The van der Waals surface area contributed by atoms with E-state index in [9.17, 15) is 14.3 Å². The largest absolute Gasteiger partial charge is 0.481 e. The van der Waals surface area contributed by atoms with Gasteiger partial charge in [-0.3, -0.25) is 4.40 Å². The number of hydrogen-bond acceptors (Lipinski definition) is 4. The van der Waals surface area contributed by atoms with Gasteiger partial charge in [0.1, 0.15) is 0 Å². The van der Waals surface area contributed by atoms with Gasteiger partial charge in [-0.25, -0.2) is 19.2 Å². The Hall–Kier alpha value is -3.74. The minimum absolute atomic E-state index is 0.151. The summed E-state index contributed by atoms with van der Waals surface area (Å²) in [6.07, 6.45) is 4.87. The number of fused-ring (bicyclic) bond motifs is 1. The highest BCUT2D eigenvalue weighted by molar-refractivity contribution is 5.89. The van der Waals surface area contributed by atoms with E-state index in [1.165, 1.54) is 31.5 Å². The predicted octanol–water partition coefficient (Wildman–Crippen LogP) is 3.91. The second-order valence-corrected chi connectivity index (χ2v) is 5.89. The molecular weight excluding hydrogens is 349 g/mol. The van der Waals surface area contributed by atoms with Crippen LogP contribution in [0.3, 0.4) is 0 Å². The second-order valence-electron chi connectivity index (χ2n) is 5.89. The summed E-state index contributed by atoms with van der Waals surface area (Å²) in [6, 6.07) is 11.3. The van der Waals surface area contributed by atoms with Gasteiger partial charge in [-0.05, 0) is 24.3 Å². The number of aromatic carboxylic acids is 1. The molecule has 0 saturated carbocycles. The summed E-state index contributed by atoms with van der Waals surface area (Å²) in [4.78, 5) is 19.5. The number of methoxy groups -OCH3 is 1. The molecule has 3 heterocycles. The maximum atomic E-state index is 14.6. The zero-order valence-electron chi connectivity index (χ0n) is 14.3. The maximum Gasteiger partial charge on any atom is 0.335 e. The number of halogens is 1. The third-order valence-corrected chi connectivity index (χ3v) is 4.24. The number of hydrogen-bond donors (Lipinski definition) is 1. The molecule has 0 aliphatic rings. The van der Waals surface area contributed by atoms with Crippen LogP contribution >= 0.6 is 0 Å². The van der Waals surface area contributed by atoms with Crippen molar-refractivity contribution in [2.45, 2.75) is 0 Å². The van der Waals surface area contributed by atoms with E-state index < -0.39 is 11.8 Å². The fraction of sp³-hybridized carbons (Fsp3) is 0.0500. The molecular formula is C20H14FN3O3. The number of nitrogens with zero attached hydrogens (tertiary/aromatic N) is 3. The fourth-order valence-corrected chi connectivity index (χ4v) is 2.90. The first-order valence-electron chi connectivity index (χ1n) is 8.07. The molecule has 27 heavy (non-hydrogen) atoms. The van der Waals surface area contributed by atoms with E-state index in [-0.39, 0.29) is 11.2 Å². The predicted molar refractivity (Wildman–Crippen MR) is 97.3 cm³/mol. The molecule has 1 aromatic carbocycles. The average Bonchev–Trinajstić information content (AvgIpc) is 3.13. The Morgan fingerprint density at radius 2 is 1.93 bits per heavy atom. The van der Waals surface area contributed by atoms with Crippen LogP contribution in [-0.4, -0.2) is 32.6 Å². The van der Waals surface area contributed by atoms with Crippen LogP contribution in [0.1, 0.15) is 10.4 Å². The van der Waals surface area contributed by atoms with E-state index in [0.29, 0.717) is 22.7 Å². The highest BCUT2D eigenvalue weighted by Gasteiger charge is 2.14. The van der Waals surface area contributed by atoms with Gasteiger partial charge in [-0.15, -0.1) is 0 Å². The van der Waals surface area contributed by atoms with Gasteiger partial charge in [-0.2, -0.15) is 0 Å². The van der Waals surface area contributed by atoms with Crippen molar-refractivity contribution in [3.63, 3.8) is 0 Å². The van der Waals surface area contributed by atoms with Gasteiger partial charge >= 0.3 is 5.97 Å². The van der Waals surface area contributed by atoms with Gasteiger partial charge in [0.15, 0.2) is 11.5 Å². The van der Waals surface area contributed by atoms with Crippen LogP contribution in [0.2, 0.25) is 0 Å². The van der Waals surface area contributed by atoms with Crippen LogP contribution in [0.4, 0.5) is 4.39 Å². The van der Waals surface area contributed by atoms with E-state index in [1.807, 2.05) is 0 Å². The molecule has 7 heteroatoms. The van der Waals surface area contributed by atoms with Gasteiger partial charge in [0.05, 0.1) is 24.6 Å². The van der Waals surface area contributed by atoms with Crippen molar-refractivity contribution in [2.24, 2.45) is 0 Å². The number of ether oxygens (including phenoxy) is 1. The topological polar surface area (TPSA) is 76.7 Å². The standard InChI is InChI=1S/C20H14FN3O3/c1-27-18-6-5-14(9-22-18)15-8-16(21)19-23-10-17(24(19)11-15)12-3-2-4-13(7-12)20(25)26/h2-11H,1H3,(H,25,26). The summed E-state index contributed by atoms with van der Waals surface area (Å²) >= 11 is 0. The Kier molecular flexibility index (Phi) is 4.04. The number of pyridine rings is 2. The Morgan fingerprint density at radius 1 is 1.07 bits per heavy atom. The lowest BCUT2D eigenvalue weighted by molar-refractivity contribution is 0.0697. The minimum Gasteiger partial charge on any atom is -0.481 e. The van der Waals surface area contributed by atoms with Crippen molar-refractivity contribution in [1.29, 1.82) is 0 Å². The molecule has 0 aliphatic heterocycles. The molecule has 0 aliphatic carbocycles. The quantitative estimate of drug-likeness (QED) is 0.595. The van der Waals surface area contributed by atoms with E-state index in [1.54, 1.807) is 41.1 Å². The van der Waals surface area contributed by atoms with E-state index in [4.69, 9.17) is 4.74 Å². The molecule has 0 bridgehead atoms. The van der Waals surface area contributed by atoms with Crippen LogP contribution in [0.15, 0.2) is 61.1 Å². The number of carboxylic acid groups (broad SMARTS) is 1. The van der Waals surface area contributed by atoms with E-state index >= 15 is 0 Å². The SMILES string of the molecule is COc1ccc(-c2cc(F)c3ncc(-c4cccc(C(=O)O)c4)n3c2)cn1. The number of carbonyl (C=O) groups is 1. The molecule has 0 fully saturated rings. The summed E-state index contributed by atoms with van der Waals surface area (Å²) in [6.45, 7) is 0. The summed E-state index contributed by atoms with van der Waals surface area (Å²) < 4.78 is 21.2. The Morgan fingerprint density at radius 3 is 2.63 bits per heavy atom. The smallest absolute Gasteiger partial charge is 0.335 e. The van der Waals surface area contributed by atoms with Gasteiger partial charge in [0, 0.05) is 35.2 Å². The molecule has 6 nitrogen and oxygen atoms in total. The number of imidazole rings is 1. The van der Waals surface area contributed by atoms with Crippen molar-refractivity contribution < 1.29 is 19.0 Å². The first-order chi connectivity index (χ1) is 13.1. The van der Waals surface area contributed by atoms with Crippen LogP contribution in [0, 0.1) is 5.82 Å². The molecule has 0 saturated heterocycles. The van der Waals surface area contributed by atoms with Crippen molar-refractivity contribution in [1.82, 2.24) is 14.4 Å². The van der Waals surface area contributed by atoms with Crippen LogP contribution < -0.4 is 4.74 Å². The zero-order valence-corrected chi connectivity index (χ0v) is 14.3. The Labute approximate surface area is 153 Å². The monoisotopic (exact) mass is 363 g/mol. The molecule has 0 amide bonds. The van der Waals surface area contributed by atoms with Crippen LogP contribution in [0.25, 0.3) is 28.0 Å². The van der Waals surface area contributed by atoms with E-state index in [2.05, 4.69) is 9.97 Å². The molecule has 3 aromatic heterocycles. The van der Waals surface area contributed by atoms with Crippen LogP contribution in [-0.2, 0) is 0 Å².